The summed E-state index contributed by atoms with van der Waals surface area (Å²) < 4.78 is 5.24. The lowest BCUT2D eigenvalue weighted by atomic mass is 9.86. The summed E-state index contributed by atoms with van der Waals surface area (Å²) in [5.74, 6) is 0.0794. The number of carbonyl (C=O) groups is 1. The highest BCUT2D eigenvalue weighted by Crippen LogP contribution is 2.27. The quantitative estimate of drug-likeness (QED) is 0.845. The second-order valence-electron chi connectivity index (χ2n) is 5.25. The Kier molecular flexibility index (Phi) is 4.56. The molecule has 0 spiro atoms. The van der Waals surface area contributed by atoms with Crippen molar-refractivity contribution in [3.63, 3.8) is 0 Å². The first-order valence-corrected chi connectivity index (χ1v) is 6.73. The summed E-state index contributed by atoms with van der Waals surface area (Å²) in [6.45, 7) is 4.04. The molecule has 1 aromatic rings. The van der Waals surface area contributed by atoms with Gasteiger partial charge in [-0.15, -0.1) is 0 Å². The van der Waals surface area contributed by atoms with Crippen LogP contribution in [0.15, 0.2) is 30.3 Å². The summed E-state index contributed by atoms with van der Waals surface area (Å²) in [5, 5.41) is 6.36. The number of methoxy groups -OCH3 is 1. The molecule has 0 aromatic heterocycles. The van der Waals surface area contributed by atoms with Crippen molar-refractivity contribution < 1.29 is 9.53 Å². The van der Waals surface area contributed by atoms with Gasteiger partial charge in [-0.05, 0) is 25.5 Å². The van der Waals surface area contributed by atoms with Gasteiger partial charge in [0, 0.05) is 13.7 Å². The van der Waals surface area contributed by atoms with Crippen LogP contribution in [-0.4, -0.2) is 32.7 Å². The van der Waals surface area contributed by atoms with E-state index in [0.29, 0.717) is 13.2 Å². The molecule has 104 valence electrons. The topological polar surface area (TPSA) is 50.4 Å². The van der Waals surface area contributed by atoms with Crippen LogP contribution in [0.3, 0.4) is 0 Å². The fraction of sp³-hybridized carbons (Fsp3) is 0.533. The van der Waals surface area contributed by atoms with E-state index in [1.165, 1.54) is 0 Å². The molecular formula is C15H22N2O2. The smallest absolute Gasteiger partial charge is 0.230 e. The number of carbonyl (C=O) groups excluding carboxylic acids is 1. The van der Waals surface area contributed by atoms with E-state index < -0.39 is 5.41 Å². The molecule has 1 heterocycles. The summed E-state index contributed by atoms with van der Waals surface area (Å²) in [7, 11) is 1.65. The molecule has 2 unspecified atom stereocenters. The maximum absolute atomic E-state index is 12.5. The predicted octanol–water partition coefficient (Wildman–Crippen LogP) is 1.49. The van der Waals surface area contributed by atoms with Crippen LogP contribution in [0.5, 0.6) is 0 Å². The molecule has 1 aliphatic rings. The van der Waals surface area contributed by atoms with Crippen molar-refractivity contribution in [3.8, 4) is 0 Å². The minimum absolute atomic E-state index is 0.0167. The third-order valence-electron chi connectivity index (χ3n) is 3.79. The van der Waals surface area contributed by atoms with Gasteiger partial charge in [0.05, 0.1) is 18.1 Å². The van der Waals surface area contributed by atoms with Gasteiger partial charge in [0.2, 0.25) is 5.91 Å². The van der Waals surface area contributed by atoms with Crippen LogP contribution in [0.1, 0.15) is 24.9 Å². The largest absolute Gasteiger partial charge is 0.384 e. The van der Waals surface area contributed by atoms with E-state index in [-0.39, 0.29) is 11.9 Å². The molecule has 1 amide bonds. The number of benzene rings is 1. The van der Waals surface area contributed by atoms with Crippen LogP contribution in [0.4, 0.5) is 0 Å². The fourth-order valence-corrected chi connectivity index (χ4v) is 2.58. The van der Waals surface area contributed by atoms with Crippen molar-refractivity contribution in [1.82, 2.24) is 10.6 Å². The Bertz CT molecular complexity index is 413. The Morgan fingerprint density at radius 3 is 2.79 bits per heavy atom. The first-order chi connectivity index (χ1) is 9.18. The number of ether oxygens (including phenoxy) is 1. The zero-order chi connectivity index (χ0) is 13.7. The van der Waals surface area contributed by atoms with Gasteiger partial charge in [0.15, 0.2) is 0 Å². The number of amides is 1. The molecule has 4 heteroatoms. The van der Waals surface area contributed by atoms with Gasteiger partial charge in [-0.1, -0.05) is 30.3 Å². The summed E-state index contributed by atoms with van der Waals surface area (Å²) in [4.78, 5) is 12.5. The summed E-state index contributed by atoms with van der Waals surface area (Å²) in [6.07, 6.45) is 0.828. The third kappa shape index (κ3) is 3.14. The fourth-order valence-electron chi connectivity index (χ4n) is 2.58. The van der Waals surface area contributed by atoms with Crippen LogP contribution >= 0.6 is 0 Å². The van der Waals surface area contributed by atoms with E-state index in [4.69, 9.17) is 4.74 Å². The van der Waals surface area contributed by atoms with Gasteiger partial charge in [0.1, 0.15) is 0 Å². The lowest BCUT2D eigenvalue weighted by molar-refractivity contribution is -0.133. The Labute approximate surface area is 114 Å². The Balaban J connectivity index is 2.03. The van der Waals surface area contributed by atoms with Crippen molar-refractivity contribution >= 4 is 5.91 Å². The molecule has 0 aliphatic carbocycles. The number of nitrogens with one attached hydrogen (secondary N) is 2. The molecule has 1 aliphatic heterocycles. The SMILES string of the molecule is COCC1(C(=O)NC(C)c2ccccc2)CCNC1. The van der Waals surface area contributed by atoms with Gasteiger partial charge in [-0.3, -0.25) is 4.79 Å². The summed E-state index contributed by atoms with van der Waals surface area (Å²) >= 11 is 0. The monoisotopic (exact) mass is 262 g/mol. The van der Waals surface area contributed by atoms with Crippen LogP contribution in [0.25, 0.3) is 0 Å². The van der Waals surface area contributed by atoms with Crippen LogP contribution in [0.2, 0.25) is 0 Å². The average Bonchev–Trinajstić information content (AvgIpc) is 2.90. The highest BCUT2D eigenvalue weighted by molar-refractivity contribution is 5.83. The van der Waals surface area contributed by atoms with Crippen LogP contribution < -0.4 is 10.6 Å². The van der Waals surface area contributed by atoms with E-state index in [0.717, 1.165) is 18.5 Å². The van der Waals surface area contributed by atoms with E-state index in [9.17, 15) is 4.79 Å². The highest BCUT2D eigenvalue weighted by atomic mass is 16.5. The predicted molar refractivity (Wildman–Crippen MR) is 74.8 cm³/mol. The second-order valence-corrected chi connectivity index (χ2v) is 5.25. The van der Waals surface area contributed by atoms with Crippen LogP contribution in [-0.2, 0) is 9.53 Å². The third-order valence-corrected chi connectivity index (χ3v) is 3.79. The molecule has 2 rings (SSSR count). The van der Waals surface area contributed by atoms with Crippen LogP contribution in [0, 0.1) is 5.41 Å². The van der Waals surface area contributed by atoms with Crippen molar-refractivity contribution in [3.05, 3.63) is 35.9 Å². The number of rotatable bonds is 5. The average molecular weight is 262 g/mol. The molecule has 2 atom stereocenters. The van der Waals surface area contributed by atoms with Crippen molar-refractivity contribution in [2.24, 2.45) is 5.41 Å². The zero-order valence-electron chi connectivity index (χ0n) is 11.6. The molecule has 2 N–H and O–H groups in total. The first-order valence-electron chi connectivity index (χ1n) is 6.73. The van der Waals surface area contributed by atoms with Crippen molar-refractivity contribution in [2.75, 3.05) is 26.8 Å². The molecule has 0 saturated carbocycles. The van der Waals surface area contributed by atoms with Gasteiger partial charge in [-0.25, -0.2) is 0 Å². The van der Waals surface area contributed by atoms with Crippen molar-refractivity contribution in [2.45, 2.75) is 19.4 Å². The Morgan fingerprint density at radius 2 is 2.21 bits per heavy atom. The molecule has 19 heavy (non-hydrogen) atoms. The lowest BCUT2D eigenvalue weighted by Gasteiger charge is -2.28. The number of hydrogen-bond donors (Lipinski definition) is 2. The first kappa shape index (κ1) is 14.0. The Hall–Kier alpha value is -1.39. The van der Waals surface area contributed by atoms with Gasteiger partial charge < -0.3 is 15.4 Å². The van der Waals surface area contributed by atoms with Gasteiger partial charge in [0.25, 0.3) is 0 Å². The van der Waals surface area contributed by atoms with Crippen molar-refractivity contribution in [1.29, 1.82) is 0 Å². The minimum Gasteiger partial charge on any atom is -0.384 e. The number of hydrogen-bond acceptors (Lipinski definition) is 3. The molecule has 0 radical (unpaired) electrons. The molecule has 0 bridgehead atoms. The standard InChI is InChI=1S/C15H22N2O2/c1-12(13-6-4-3-5-7-13)17-14(18)15(11-19-2)8-9-16-10-15/h3-7,12,16H,8-11H2,1-2H3,(H,17,18). The van der Waals surface area contributed by atoms with Gasteiger partial charge in [-0.2, -0.15) is 0 Å². The van der Waals surface area contributed by atoms with E-state index in [2.05, 4.69) is 10.6 Å². The van der Waals surface area contributed by atoms with E-state index in [1.54, 1.807) is 7.11 Å². The maximum Gasteiger partial charge on any atom is 0.230 e. The van der Waals surface area contributed by atoms with E-state index in [1.807, 2.05) is 37.3 Å². The molecule has 4 nitrogen and oxygen atoms in total. The highest BCUT2D eigenvalue weighted by Gasteiger charge is 2.41. The summed E-state index contributed by atoms with van der Waals surface area (Å²) in [5.41, 5.74) is 0.701. The molecule has 1 aromatic carbocycles. The molecule has 1 saturated heterocycles. The molecule has 1 fully saturated rings. The van der Waals surface area contributed by atoms with E-state index >= 15 is 0 Å². The summed E-state index contributed by atoms with van der Waals surface area (Å²) in [6, 6.07) is 10.0. The lowest BCUT2D eigenvalue weighted by Crippen LogP contribution is -2.46. The minimum atomic E-state index is -0.419. The zero-order valence-corrected chi connectivity index (χ0v) is 11.6. The normalized spacial score (nSPS) is 24.1. The maximum atomic E-state index is 12.5. The second kappa shape index (κ2) is 6.17. The van der Waals surface area contributed by atoms with Gasteiger partial charge >= 0.3 is 0 Å². The Morgan fingerprint density at radius 1 is 1.47 bits per heavy atom. The molecular weight excluding hydrogens is 240 g/mol.